The number of esters is 3. The SMILES string of the molecule is CC(=O)C(=O)OC1C2CC3C1OC(=O)C3C2C(=O)OC(C)(C)C. The maximum atomic E-state index is 12.5. The number of fused-ring (bicyclic) bond motifs is 1. The fourth-order valence-corrected chi connectivity index (χ4v) is 4.05. The second-order valence-electron chi connectivity index (χ2n) is 7.48. The van der Waals surface area contributed by atoms with Gasteiger partial charge in [0.2, 0.25) is 5.78 Å². The molecule has 7 heteroatoms. The van der Waals surface area contributed by atoms with Crippen LogP contribution in [0.3, 0.4) is 0 Å². The molecular weight excluding hydrogens is 304 g/mol. The van der Waals surface area contributed by atoms with Crippen molar-refractivity contribution in [3.8, 4) is 0 Å². The van der Waals surface area contributed by atoms with Gasteiger partial charge in [0.05, 0.1) is 11.8 Å². The maximum Gasteiger partial charge on any atom is 0.374 e. The van der Waals surface area contributed by atoms with Crippen LogP contribution in [0.1, 0.15) is 34.1 Å². The van der Waals surface area contributed by atoms with Crippen molar-refractivity contribution in [3.63, 3.8) is 0 Å². The molecule has 2 saturated carbocycles. The lowest BCUT2D eigenvalue weighted by molar-refractivity contribution is -0.172. The summed E-state index contributed by atoms with van der Waals surface area (Å²) in [6.07, 6.45) is -0.753. The van der Waals surface area contributed by atoms with E-state index in [4.69, 9.17) is 14.2 Å². The van der Waals surface area contributed by atoms with E-state index in [0.717, 1.165) is 6.92 Å². The summed E-state index contributed by atoms with van der Waals surface area (Å²) in [6.45, 7) is 6.37. The smallest absolute Gasteiger partial charge is 0.374 e. The molecule has 6 atom stereocenters. The molecule has 1 heterocycles. The second kappa shape index (κ2) is 5.04. The van der Waals surface area contributed by atoms with Crippen molar-refractivity contribution in [1.29, 1.82) is 0 Å². The first-order valence-corrected chi connectivity index (χ1v) is 7.75. The number of hydrogen-bond donors (Lipinski definition) is 0. The van der Waals surface area contributed by atoms with E-state index in [0.29, 0.717) is 6.42 Å². The Kier molecular flexibility index (Phi) is 3.50. The molecule has 0 spiro atoms. The zero-order valence-corrected chi connectivity index (χ0v) is 13.5. The molecule has 0 N–H and O–H groups in total. The summed E-state index contributed by atoms with van der Waals surface area (Å²) in [7, 11) is 0. The Morgan fingerprint density at radius 1 is 1.17 bits per heavy atom. The van der Waals surface area contributed by atoms with E-state index < -0.39 is 53.3 Å². The van der Waals surface area contributed by atoms with Gasteiger partial charge in [-0.25, -0.2) is 4.79 Å². The minimum absolute atomic E-state index is 0.158. The molecule has 1 aliphatic heterocycles. The molecule has 0 aromatic rings. The third-order valence-corrected chi connectivity index (χ3v) is 4.76. The van der Waals surface area contributed by atoms with Gasteiger partial charge in [-0.1, -0.05) is 0 Å². The van der Waals surface area contributed by atoms with Crippen LogP contribution >= 0.6 is 0 Å². The normalized spacial score (nSPS) is 37.5. The summed E-state index contributed by atoms with van der Waals surface area (Å²) < 4.78 is 15.9. The Bertz CT molecular complexity index is 588. The molecule has 6 unspecified atom stereocenters. The first kappa shape index (κ1) is 16.0. The third-order valence-electron chi connectivity index (χ3n) is 4.76. The Morgan fingerprint density at radius 3 is 2.39 bits per heavy atom. The van der Waals surface area contributed by atoms with Gasteiger partial charge in [0.25, 0.3) is 0 Å². The minimum Gasteiger partial charge on any atom is -0.460 e. The van der Waals surface area contributed by atoms with Crippen LogP contribution in [-0.4, -0.2) is 41.5 Å². The Balaban J connectivity index is 1.84. The first-order chi connectivity index (χ1) is 10.6. The standard InChI is InChI=1S/C16H20O7/c1-6(17)13(18)21-11-8-5-7-9(14(19)22-12(7)11)10(8)15(20)23-16(2,3)4/h7-12H,5H2,1-4H3. The first-order valence-electron chi connectivity index (χ1n) is 7.75. The topological polar surface area (TPSA) is 96.0 Å². The van der Waals surface area contributed by atoms with Crippen LogP contribution in [-0.2, 0) is 33.4 Å². The molecular formula is C16H20O7. The number of hydrogen-bond acceptors (Lipinski definition) is 7. The Hall–Kier alpha value is -1.92. The van der Waals surface area contributed by atoms with E-state index in [-0.39, 0.29) is 11.8 Å². The van der Waals surface area contributed by atoms with Crippen molar-refractivity contribution < 1.29 is 33.4 Å². The van der Waals surface area contributed by atoms with Crippen molar-refractivity contribution in [3.05, 3.63) is 0 Å². The fourth-order valence-electron chi connectivity index (χ4n) is 4.05. The van der Waals surface area contributed by atoms with Gasteiger partial charge in [0.15, 0.2) is 0 Å². The molecule has 3 aliphatic rings. The van der Waals surface area contributed by atoms with Crippen LogP contribution in [0.2, 0.25) is 0 Å². The Labute approximate surface area is 133 Å². The highest BCUT2D eigenvalue weighted by Gasteiger charge is 2.70. The number of ether oxygens (including phenoxy) is 3. The van der Waals surface area contributed by atoms with E-state index in [2.05, 4.69) is 0 Å². The van der Waals surface area contributed by atoms with Crippen LogP contribution in [0.15, 0.2) is 0 Å². The van der Waals surface area contributed by atoms with E-state index in [9.17, 15) is 19.2 Å². The van der Waals surface area contributed by atoms with E-state index >= 15 is 0 Å². The number of carbonyl (C=O) groups is 4. The molecule has 3 rings (SSSR count). The van der Waals surface area contributed by atoms with Gasteiger partial charge in [0, 0.05) is 18.8 Å². The summed E-state index contributed by atoms with van der Waals surface area (Å²) in [5.41, 5.74) is -0.674. The van der Waals surface area contributed by atoms with Crippen LogP contribution in [0.4, 0.5) is 0 Å². The van der Waals surface area contributed by atoms with E-state index in [1.165, 1.54) is 0 Å². The summed E-state index contributed by atoms with van der Waals surface area (Å²) in [5, 5.41) is 0. The quantitative estimate of drug-likeness (QED) is 0.427. The number of Topliss-reactive ketones (excluding diaryl/α,β-unsaturated/α-hetero) is 1. The van der Waals surface area contributed by atoms with Gasteiger partial charge in [0.1, 0.15) is 17.8 Å². The van der Waals surface area contributed by atoms with Gasteiger partial charge in [-0.15, -0.1) is 0 Å². The summed E-state index contributed by atoms with van der Waals surface area (Å²) >= 11 is 0. The van der Waals surface area contributed by atoms with Gasteiger partial charge in [-0.05, 0) is 27.2 Å². The van der Waals surface area contributed by atoms with Crippen molar-refractivity contribution in [1.82, 2.24) is 0 Å². The molecule has 2 aliphatic carbocycles. The number of ketones is 1. The van der Waals surface area contributed by atoms with Gasteiger partial charge < -0.3 is 14.2 Å². The lowest BCUT2D eigenvalue weighted by atomic mass is 9.78. The van der Waals surface area contributed by atoms with Crippen LogP contribution in [0.25, 0.3) is 0 Å². The highest BCUT2D eigenvalue weighted by atomic mass is 16.6. The molecule has 126 valence electrons. The van der Waals surface area contributed by atoms with Crippen LogP contribution < -0.4 is 0 Å². The van der Waals surface area contributed by atoms with Crippen LogP contribution in [0.5, 0.6) is 0 Å². The molecule has 3 fully saturated rings. The molecule has 23 heavy (non-hydrogen) atoms. The van der Waals surface area contributed by atoms with Gasteiger partial charge in [-0.2, -0.15) is 0 Å². The molecule has 0 amide bonds. The zero-order chi connectivity index (χ0) is 17.1. The highest BCUT2D eigenvalue weighted by Crippen LogP contribution is 2.59. The number of carbonyl (C=O) groups excluding carboxylic acids is 4. The summed E-state index contributed by atoms with van der Waals surface area (Å²) in [6, 6.07) is 0. The predicted molar refractivity (Wildman–Crippen MR) is 74.9 cm³/mol. The molecule has 7 nitrogen and oxygen atoms in total. The van der Waals surface area contributed by atoms with Crippen molar-refractivity contribution >= 4 is 23.7 Å². The van der Waals surface area contributed by atoms with Crippen molar-refractivity contribution in [2.75, 3.05) is 0 Å². The van der Waals surface area contributed by atoms with E-state index in [1.807, 2.05) is 0 Å². The lowest BCUT2D eigenvalue weighted by Crippen LogP contribution is -2.45. The third kappa shape index (κ3) is 2.52. The predicted octanol–water partition coefficient (Wildman–Crippen LogP) is 0.636. The lowest BCUT2D eigenvalue weighted by Gasteiger charge is -2.31. The molecule has 1 saturated heterocycles. The average Bonchev–Trinajstić information content (AvgIpc) is 2.99. The van der Waals surface area contributed by atoms with Crippen LogP contribution in [0, 0.1) is 23.7 Å². The van der Waals surface area contributed by atoms with Gasteiger partial charge in [-0.3, -0.25) is 14.4 Å². The maximum absolute atomic E-state index is 12.5. The number of rotatable bonds is 3. The average molecular weight is 324 g/mol. The highest BCUT2D eigenvalue weighted by molar-refractivity contribution is 6.32. The monoisotopic (exact) mass is 324 g/mol. The summed E-state index contributed by atoms with van der Waals surface area (Å²) in [5.74, 6) is -4.33. The van der Waals surface area contributed by atoms with E-state index in [1.54, 1.807) is 20.8 Å². The molecule has 0 aromatic carbocycles. The van der Waals surface area contributed by atoms with Crippen molar-refractivity contribution in [2.45, 2.75) is 51.9 Å². The van der Waals surface area contributed by atoms with Gasteiger partial charge >= 0.3 is 17.9 Å². The molecule has 2 bridgehead atoms. The van der Waals surface area contributed by atoms with Crippen molar-refractivity contribution in [2.24, 2.45) is 23.7 Å². The largest absolute Gasteiger partial charge is 0.460 e. The second-order valence-corrected chi connectivity index (χ2v) is 7.48. The molecule has 0 radical (unpaired) electrons. The Morgan fingerprint density at radius 2 is 1.83 bits per heavy atom. The summed E-state index contributed by atoms with van der Waals surface area (Å²) in [4.78, 5) is 47.4. The minimum atomic E-state index is -0.968. The molecule has 0 aromatic heterocycles. The fraction of sp³-hybridized carbons (Fsp3) is 0.750. The zero-order valence-electron chi connectivity index (χ0n) is 13.5.